The predicted molar refractivity (Wildman–Crippen MR) is 57.4 cm³/mol. The zero-order chi connectivity index (χ0) is 11.6. The molecule has 0 amide bonds. The lowest BCUT2D eigenvalue weighted by atomic mass is 9.90. The van der Waals surface area contributed by atoms with Crippen LogP contribution in [0.4, 0.5) is 4.39 Å². The van der Waals surface area contributed by atoms with Crippen molar-refractivity contribution in [2.75, 3.05) is 7.11 Å². The van der Waals surface area contributed by atoms with Gasteiger partial charge in [0.1, 0.15) is 11.9 Å². The summed E-state index contributed by atoms with van der Waals surface area (Å²) in [5.41, 5.74) is -0.0705. The van der Waals surface area contributed by atoms with Gasteiger partial charge in [-0.3, -0.25) is 4.98 Å². The molecule has 88 valence electrons. The first-order valence-electron chi connectivity index (χ1n) is 5.52. The Hall–Kier alpha value is -1.00. The summed E-state index contributed by atoms with van der Waals surface area (Å²) < 4.78 is 18.5. The normalized spacial score (nSPS) is 20.9. The van der Waals surface area contributed by atoms with E-state index in [2.05, 4.69) is 4.98 Å². The van der Waals surface area contributed by atoms with Crippen LogP contribution in [-0.4, -0.2) is 22.8 Å². The highest BCUT2D eigenvalue weighted by atomic mass is 19.1. The Labute approximate surface area is 94.3 Å². The lowest BCUT2D eigenvalue weighted by Crippen LogP contribution is -2.35. The lowest BCUT2D eigenvalue weighted by Gasteiger charge is -2.32. The van der Waals surface area contributed by atoms with E-state index in [0.717, 1.165) is 31.9 Å². The Balaban J connectivity index is 2.26. The summed E-state index contributed by atoms with van der Waals surface area (Å²) in [5, 5.41) is 10.3. The second-order valence-electron chi connectivity index (χ2n) is 4.32. The van der Waals surface area contributed by atoms with Crippen LogP contribution in [0, 0.1) is 5.82 Å². The van der Waals surface area contributed by atoms with E-state index >= 15 is 0 Å². The fourth-order valence-electron chi connectivity index (χ4n) is 2.44. The van der Waals surface area contributed by atoms with Crippen LogP contribution in [-0.2, 0) is 4.74 Å². The van der Waals surface area contributed by atoms with Crippen molar-refractivity contribution >= 4 is 0 Å². The lowest BCUT2D eigenvalue weighted by molar-refractivity contribution is -0.100. The van der Waals surface area contributed by atoms with Gasteiger partial charge in [0.2, 0.25) is 0 Å². The molecule has 1 aromatic heterocycles. The molecule has 1 atom stereocenters. The number of aliphatic hydroxyl groups excluding tert-OH is 1. The molecule has 1 aliphatic rings. The van der Waals surface area contributed by atoms with Gasteiger partial charge in [-0.15, -0.1) is 0 Å². The van der Waals surface area contributed by atoms with Crippen molar-refractivity contribution in [1.82, 2.24) is 4.98 Å². The summed E-state index contributed by atoms with van der Waals surface area (Å²) in [6, 6.07) is 1.32. The monoisotopic (exact) mass is 225 g/mol. The van der Waals surface area contributed by atoms with Gasteiger partial charge in [0.05, 0.1) is 11.8 Å². The van der Waals surface area contributed by atoms with E-state index in [0.29, 0.717) is 5.56 Å². The van der Waals surface area contributed by atoms with Gasteiger partial charge >= 0.3 is 0 Å². The average Bonchev–Trinajstić information content (AvgIpc) is 2.78. The minimum Gasteiger partial charge on any atom is -0.385 e. The van der Waals surface area contributed by atoms with Crippen molar-refractivity contribution in [3.8, 4) is 0 Å². The molecule has 1 heterocycles. The van der Waals surface area contributed by atoms with E-state index in [-0.39, 0.29) is 0 Å². The number of ether oxygens (including phenoxy) is 1. The third-order valence-electron chi connectivity index (χ3n) is 3.40. The number of rotatable bonds is 3. The number of halogens is 1. The Morgan fingerprint density at radius 2 is 2.12 bits per heavy atom. The second kappa shape index (κ2) is 4.47. The fourth-order valence-corrected chi connectivity index (χ4v) is 2.44. The van der Waals surface area contributed by atoms with Crippen molar-refractivity contribution in [1.29, 1.82) is 0 Å². The molecule has 1 N–H and O–H groups in total. The Kier molecular flexibility index (Phi) is 3.21. The third-order valence-corrected chi connectivity index (χ3v) is 3.40. The zero-order valence-corrected chi connectivity index (χ0v) is 9.32. The number of aromatic nitrogens is 1. The number of hydrogen-bond donors (Lipinski definition) is 1. The van der Waals surface area contributed by atoms with Gasteiger partial charge < -0.3 is 9.84 Å². The van der Waals surface area contributed by atoms with Crippen LogP contribution in [0.3, 0.4) is 0 Å². The summed E-state index contributed by atoms with van der Waals surface area (Å²) in [6.45, 7) is 0. The van der Waals surface area contributed by atoms with Crippen LogP contribution in [0.2, 0.25) is 0 Å². The molecule has 1 unspecified atom stereocenters. The van der Waals surface area contributed by atoms with Gasteiger partial charge in [0.15, 0.2) is 0 Å². The van der Waals surface area contributed by atoms with Crippen LogP contribution in [0.1, 0.15) is 37.4 Å². The van der Waals surface area contributed by atoms with Crippen molar-refractivity contribution in [2.24, 2.45) is 0 Å². The van der Waals surface area contributed by atoms with E-state index < -0.39 is 17.5 Å². The van der Waals surface area contributed by atoms with Crippen molar-refractivity contribution < 1.29 is 14.2 Å². The van der Waals surface area contributed by atoms with Gasteiger partial charge in [-0.2, -0.15) is 0 Å². The molecular formula is C12H16FNO2. The van der Waals surface area contributed by atoms with Gasteiger partial charge in [0.25, 0.3) is 0 Å². The van der Waals surface area contributed by atoms with E-state index in [1.807, 2.05) is 0 Å². The Morgan fingerprint density at radius 1 is 1.44 bits per heavy atom. The molecule has 0 saturated heterocycles. The highest BCUT2D eigenvalue weighted by Crippen LogP contribution is 2.42. The molecule has 1 aliphatic carbocycles. The molecule has 16 heavy (non-hydrogen) atoms. The maximum absolute atomic E-state index is 13.0. The van der Waals surface area contributed by atoms with E-state index in [4.69, 9.17) is 4.74 Å². The molecular weight excluding hydrogens is 209 g/mol. The van der Waals surface area contributed by atoms with Crippen LogP contribution in [0.5, 0.6) is 0 Å². The molecule has 2 rings (SSSR count). The van der Waals surface area contributed by atoms with Crippen molar-refractivity contribution in [3.63, 3.8) is 0 Å². The molecule has 4 heteroatoms. The maximum Gasteiger partial charge on any atom is 0.141 e. The molecule has 1 aromatic rings. The zero-order valence-electron chi connectivity index (χ0n) is 9.32. The Bertz CT molecular complexity index is 364. The summed E-state index contributed by atoms with van der Waals surface area (Å²) in [4.78, 5) is 3.75. The molecule has 0 radical (unpaired) electrons. The molecule has 0 bridgehead atoms. The van der Waals surface area contributed by atoms with E-state index in [1.54, 1.807) is 7.11 Å². The number of hydrogen-bond acceptors (Lipinski definition) is 3. The second-order valence-corrected chi connectivity index (χ2v) is 4.32. The van der Waals surface area contributed by atoms with Crippen LogP contribution in [0.15, 0.2) is 18.5 Å². The standard InChI is InChI=1S/C12H16FNO2/c1-16-12(4-2-3-5-12)11(15)9-6-10(13)8-14-7-9/h6-8,11,15H,2-5H2,1H3. The van der Waals surface area contributed by atoms with Gasteiger partial charge in [-0.25, -0.2) is 4.39 Å². The first-order valence-corrected chi connectivity index (χ1v) is 5.52. The topological polar surface area (TPSA) is 42.4 Å². The number of nitrogens with zero attached hydrogens (tertiary/aromatic N) is 1. The molecule has 0 aromatic carbocycles. The summed E-state index contributed by atoms with van der Waals surface area (Å²) in [5.74, 6) is -0.430. The summed E-state index contributed by atoms with van der Waals surface area (Å²) in [7, 11) is 1.60. The molecule has 1 saturated carbocycles. The highest BCUT2D eigenvalue weighted by molar-refractivity contribution is 5.18. The molecule has 0 aliphatic heterocycles. The van der Waals surface area contributed by atoms with Crippen LogP contribution >= 0.6 is 0 Å². The van der Waals surface area contributed by atoms with Crippen molar-refractivity contribution in [3.05, 3.63) is 29.8 Å². The minimum absolute atomic E-state index is 0.430. The fraction of sp³-hybridized carbons (Fsp3) is 0.583. The van der Waals surface area contributed by atoms with Crippen LogP contribution in [0.25, 0.3) is 0 Å². The largest absolute Gasteiger partial charge is 0.385 e. The SMILES string of the molecule is COC1(C(O)c2cncc(F)c2)CCCC1. The Morgan fingerprint density at radius 3 is 2.69 bits per heavy atom. The highest BCUT2D eigenvalue weighted by Gasteiger charge is 2.41. The summed E-state index contributed by atoms with van der Waals surface area (Å²) in [6.07, 6.45) is 5.50. The quantitative estimate of drug-likeness (QED) is 0.857. The number of methoxy groups -OCH3 is 1. The minimum atomic E-state index is -0.803. The maximum atomic E-state index is 13.0. The van der Waals surface area contributed by atoms with Crippen LogP contribution < -0.4 is 0 Å². The number of aliphatic hydroxyl groups is 1. The van der Waals surface area contributed by atoms with Crippen molar-refractivity contribution in [2.45, 2.75) is 37.4 Å². The van der Waals surface area contributed by atoms with E-state index in [1.165, 1.54) is 12.3 Å². The molecule has 0 spiro atoms. The number of pyridine rings is 1. The van der Waals surface area contributed by atoms with E-state index in [9.17, 15) is 9.50 Å². The molecule has 1 fully saturated rings. The average molecular weight is 225 g/mol. The third kappa shape index (κ3) is 1.95. The predicted octanol–water partition coefficient (Wildman–Crippen LogP) is 2.21. The molecule has 3 nitrogen and oxygen atoms in total. The van der Waals surface area contributed by atoms with Gasteiger partial charge in [0, 0.05) is 18.9 Å². The van der Waals surface area contributed by atoms with Gasteiger partial charge in [-0.1, -0.05) is 12.8 Å². The summed E-state index contributed by atoms with van der Waals surface area (Å²) >= 11 is 0. The first-order chi connectivity index (χ1) is 7.68. The smallest absolute Gasteiger partial charge is 0.141 e. The van der Waals surface area contributed by atoms with Gasteiger partial charge in [-0.05, 0) is 18.9 Å². The first kappa shape index (κ1) is 11.5.